The first-order chi connectivity index (χ1) is 10.3. The van der Waals surface area contributed by atoms with E-state index in [0.29, 0.717) is 18.4 Å². The van der Waals surface area contributed by atoms with Gasteiger partial charge in [-0.3, -0.25) is 9.59 Å². The predicted octanol–water partition coefficient (Wildman–Crippen LogP) is 1.69. The monoisotopic (exact) mass is 306 g/mol. The summed E-state index contributed by atoms with van der Waals surface area (Å²) in [6.07, 6.45) is 0.747. The van der Waals surface area contributed by atoms with Gasteiger partial charge in [-0.1, -0.05) is 0 Å². The fourth-order valence-electron chi connectivity index (χ4n) is 2.96. The van der Waals surface area contributed by atoms with Gasteiger partial charge in [-0.25, -0.2) is 4.79 Å². The average molecular weight is 306 g/mol. The van der Waals surface area contributed by atoms with Gasteiger partial charge < -0.3 is 14.6 Å². The number of nitrogens with zero attached hydrogens (tertiary/aromatic N) is 1. The minimum atomic E-state index is -0.622. The molecule has 1 amide bonds. The predicted molar refractivity (Wildman–Crippen MR) is 80.7 cm³/mol. The zero-order chi connectivity index (χ0) is 16.4. The molecule has 0 bridgehead atoms. The third kappa shape index (κ3) is 3.21. The van der Waals surface area contributed by atoms with Crippen molar-refractivity contribution in [1.29, 1.82) is 0 Å². The Bertz CT molecular complexity index is 616. The second kappa shape index (κ2) is 6.34. The molecule has 1 aliphatic rings. The smallest absolute Gasteiger partial charge is 0.329 e. The summed E-state index contributed by atoms with van der Waals surface area (Å²) < 4.78 is 7.12. The van der Waals surface area contributed by atoms with E-state index in [1.165, 1.54) is 0 Å². The van der Waals surface area contributed by atoms with E-state index >= 15 is 0 Å². The molecule has 0 spiro atoms. The summed E-state index contributed by atoms with van der Waals surface area (Å²) in [5, 5.41) is 2.53. The Morgan fingerprint density at radius 1 is 1.41 bits per heavy atom. The van der Waals surface area contributed by atoms with Crippen LogP contribution in [-0.4, -0.2) is 34.9 Å². The molecule has 1 saturated heterocycles. The molecule has 6 nitrogen and oxygen atoms in total. The lowest BCUT2D eigenvalue weighted by molar-refractivity contribution is -0.145. The van der Waals surface area contributed by atoms with E-state index < -0.39 is 12.0 Å². The molecule has 0 radical (unpaired) electrons. The third-order valence-electron chi connectivity index (χ3n) is 3.93. The van der Waals surface area contributed by atoms with E-state index in [-0.39, 0.29) is 24.3 Å². The number of Topliss-reactive ketones (excluding diaryl/α,β-unsaturated/α-hetero) is 1. The minimum absolute atomic E-state index is 0.159. The molecule has 1 aliphatic heterocycles. The maximum Gasteiger partial charge on any atom is 0.329 e. The van der Waals surface area contributed by atoms with Crippen LogP contribution in [0.25, 0.3) is 0 Å². The number of aromatic nitrogens is 1. The lowest BCUT2D eigenvalue weighted by Gasteiger charge is -2.13. The molecule has 1 aromatic heterocycles. The minimum Gasteiger partial charge on any atom is -0.456 e. The molecule has 1 fully saturated rings. The van der Waals surface area contributed by atoms with Gasteiger partial charge in [0, 0.05) is 29.4 Å². The third-order valence-corrected chi connectivity index (χ3v) is 3.93. The average Bonchev–Trinajstić information content (AvgIpc) is 2.99. The first kappa shape index (κ1) is 16.3. The first-order valence-electron chi connectivity index (χ1n) is 7.49. The summed E-state index contributed by atoms with van der Waals surface area (Å²) >= 11 is 0. The molecule has 0 unspecified atom stereocenters. The maximum atomic E-state index is 12.3. The molecule has 0 aromatic carbocycles. The molecule has 1 aromatic rings. The Kier molecular flexibility index (Phi) is 4.68. The number of ether oxygens (including phenoxy) is 1. The number of carbonyl (C=O) groups excluding carboxylic acids is 3. The van der Waals surface area contributed by atoms with Gasteiger partial charge in [-0.2, -0.15) is 0 Å². The summed E-state index contributed by atoms with van der Waals surface area (Å²) in [6.45, 7) is 7.64. The Morgan fingerprint density at radius 3 is 2.59 bits per heavy atom. The van der Waals surface area contributed by atoms with E-state index in [1.54, 1.807) is 0 Å². The number of rotatable bonds is 5. The van der Waals surface area contributed by atoms with Gasteiger partial charge in [0.15, 0.2) is 6.61 Å². The summed E-state index contributed by atoms with van der Waals surface area (Å²) in [5.74, 6) is -0.928. The van der Waals surface area contributed by atoms with Crippen molar-refractivity contribution in [2.75, 3.05) is 6.61 Å². The Labute approximate surface area is 129 Å². The van der Waals surface area contributed by atoms with Crippen LogP contribution in [0.2, 0.25) is 0 Å². The van der Waals surface area contributed by atoms with Gasteiger partial charge in [0.1, 0.15) is 6.04 Å². The molecule has 1 atom stereocenters. The molecule has 0 saturated carbocycles. The summed E-state index contributed by atoms with van der Waals surface area (Å²) in [5.41, 5.74) is 2.46. The maximum absolute atomic E-state index is 12.3. The normalized spacial score (nSPS) is 17.7. The van der Waals surface area contributed by atoms with E-state index in [0.717, 1.165) is 11.4 Å². The van der Waals surface area contributed by atoms with Crippen LogP contribution in [-0.2, 0) is 14.3 Å². The molecular weight excluding hydrogens is 284 g/mol. The largest absolute Gasteiger partial charge is 0.456 e. The Balaban J connectivity index is 2.00. The van der Waals surface area contributed by atoms with Crippen LogP contribution in [0.5, 0.6) is 0 Å². The molecule has 0 aliphatic carbocycles. The van der Waals surface area contributed by atoms with Crippen LogP contribution < -0.4 is 5.32 Å². The number of hydrogen-bond acceptors (Lipinski definition) is 4. The highest BCUT2D eigenvalue weighted by molar-refractivity contribution is 5.99. The van der Waals surface area contributed by atoms with Crippen LogP contribution in [0.1, 0.15) is 54.5 Å². The topological polar surface area (TPSA) is 77.4 Å². The fraction of sp³-hybridized carbons (Fsp3) is 0.562. The quantitative estimate of drug-likeness (QED) is 0.663. The van der Waals surface area contributed by atoms with Crippen molar-refractivity contribution in [3.05, 3.63) is 23.0 Å². The van der Waals surface area contributed by atoms with Crippen molar-refractivity contribution in [2.24, 2.45) is 0 Å². The number of aryl methyl sites for hydroxylation is 1. The van der Waals surface area contributed by atoms with Gasteiger partial charge in [-0.05, 0) is 40.2 Å². The van der Waals surface area contributed by atoms with Crippen LogP contribution >= 0.6 is 0 Å². The number of esters is 1. The van der Waals surface area contributed by atoms with Crippen LogP contribution in [0, 0.1) is 13.8 Å². The first-order valence-corrected chi connectivity index (χ1v) is 7.49. The Morgan fingerprint density at radius 2 is 2.09 bits per heavy atom. The zero-order valence-electron chi connectivity index (χ0n) is 13.4. The van der Waals surface area contributed by atoms with Gasteiger partial charge in [-0.15, -0.1) is 0 Å². The van der Waals surface area contributed by atoms with Crippen molar-refractivity contribution in [3.8, 4) is 0 Å². The molecule has 120 valence electrons. The van der Waals surface area contributed by atoms with Crippen molar-refractivity contribution in [1.82, 2.24) is 9.88 Å². The van der Waals surface area contributed by atoms with Crippen molar-refractivity contribution in [3.63, 3.8) is 0 Å². The number of hydrogen-bond donors (Lipinski definition) is 1. The van der Waals surface area contributed by atoms with Crippen molar-refractivity contribution >= 4 is 17.7 Å². The summed E-state index contributed by atoms with van der Waals surface area (Å²) in [6, 6.07) is 1.46. The Hall–Kier alpha value is -2.11. The van der Waals surface area contributed by atoms with Gasteiger partial charge in [0.05, 0.1) is 0 Å². The van der Waals surface area contributed by atoms with Crippen LogP contribution in [0.3, 0.4) is 0 Å². The lowest BCUT2D eigenvalue weighted by Crippen LogP contribution is -2.35. The number of carbonyl (C=O) groups is 3. The number of amides is 1. The van der Waals surface area contributed by atoms with Crippen molar-refractivity contribution < 1.29 is 19.1 Å². The van der Waals surface area contributed by atoms with Gasteiger partial charge in [0.2, 0.25) is 11.7 Å². The molecule has 6 heteroatoms. The molecule has 2 heterocycles. The van der Waals surface area contributed by atoms with Gasteiger partial charge in [0.25, 0.3) is 0 Å². The molecule has 2 rings (SSSR count). The van der Waals surface area contributed by atoms with E-state index in [9.17, 15) is 14.4 Å². The van der Waals surface area contributed by atoms with Crippen molar-refractivity contribution in [2.45, 2.75) is 52.6 Å². The number of ketones is 1. The molecule has 1 N–H and O–H groups in total. The number of nitrogens with one attached hydrogen (secondary N) is 1. The fourth-order valence-corrected chi connectivity index (χ4v) is 2.96. The van der Waals surface area contributed by atoms with E-state index in [1.807, 2.05) is 19.9 Å². The lowest BCUT2D eigenvalue weighted by atomic mass is 10.1. The highest BCUT2D eigenvalue weighted by Crippen LogP contribution is 2.20. The second-order valence-corrected chi connectivity index (χ2v) is 5.94. The standard InChI is InChI=1S/C16H22N2O4/c1-9(2)18-10(3)7-12(11(18)4)14(19)8-22-16(21)13-5-6-15(20)17-13/h7,9,13H,5-6,8H2,1-4H3,(H,17,20)/t13-/m1/s1. The van der Waals surface area contributed by atoms with Crippen LogP contribution in [0.4, 0.5) is 0 Å². The highest BCUT2D eigenvalue weighted by atomic mass is 16.5. The van der Waals surface area contributed by atoms with Crippen LogP contribution in [0.15, 0.2) is 6.07 Å². The van der Waals surface area contributed by atoms with E-state index in [2.05, 4.69) is 23.7 Å². The SMILES string of the molecule is Cc1cc(C(=O)COC(=O)[C@H]2CCC(=O)N2)c(C)n1C(C)C. The van der Waals surface area contributed by atoms with Gasteiger partial charge >= 0.3 is 5.97 Å². The second-order valence-electron chi connectivity index (χ2n) is 5.94. The zero-order valence-corrected chi connectivity index (χ0v) is 13.4. The highest BCUT2D eigenvalue weighted by Gasteiger charge is 2.29. The molecule has 22 heavy (non-hydrogen) atoms. The van der Waals surface area contributed by atoms with E-state index in [4.69, 9.17) is 4.74 Å². The summed E-state index contributed by atoms with van der Waals surface area (Å²) in [4.78, 5) is 35.1. The molecular formula is C16H22N2O4. The summed E-state index contributed by atoms with van der Waals surface area (Å²) in [7, 11) is 0.